The minimum absolute atomic E-state index is 0.0924. The van der Waals surface area contributed by atoms with Crippen molar-refractivity contribution in [3.63, 3.8) is 0 Å². The average Bonchev–Trinajstić information content (AvgIpc) is 3.17. The van der Waals surface area contributed by atoms with Crippen LogP contribution in [0.5, 0.6) is 0 Å². The maximum Gasteiger partial charge on any atom is 0.283 e. The summed E-state index contributed by atoms with van der Waals surface area (Å²) < 4.78 is 55.6. The molecule has 0 atom stereocenters. The van der Waals surface area contributed by atoms with Crippen LogP contribution in [0.4, 0.5) is 8.78 Å². The highest BCUT2D eigenvalue weighted by atomic mass is 32.2. The third-order valence-electron chi connectivity index (χ3n) is 5.43. The van der Waals surface area contributed by atoms with E-state index in [-0.39, 0.29) is 22.2 Å². The van der Waals surface area contributed by atoms with Crippen molar-refractivity contribution in [2.75, 3.05) is 0 Å². The summed E-state index contributed by atoms with van der Waals surface area (Å²) in [4.78, 5) is 12.6. The van der Waals surface area contributed by atoms with Crippen molar-refractivity contribution in [2.24, 2.45) is 0 Å². The van der Waals surface area contributed by atoms with Gasteiger partial charge in [-0.1, -0.05) is 51.1 Å². The number of aromatic nitrogens is 2. The molecule has 5 nitrogen and oxygen atoms in total. The Hall–Kier alpha value is -3.39. The van der Waals surface area contributed by atoms with Crippen LogP contribution in [0.3, 0.4) is 0 Å². The van der Waals surface area contributed by atoms with Crippen LogP contribution in [-0.2, 0) is 21.9 Å². The molecule has 0 spiro atoms. The fourth-order valence-electron chi connectivity index (χ4n) is 3.60. The molecule has 0 N–H and O–H groups in total. The lowest BCUT2D eigenvalue weighted by atomic mass is 9.87. The molecule has 0 aliphatic heterocycles. The normalized spacial score (nSPS) is 12.3. The van der Waals surface area contributed by atoms with Crippen molar-refractivity contribution in [3.05, 3.63) is 95.2 Å². The SMILES string of the molecule is CC(C)(C)c1cccc(S(=O)(=O)n2ncc3ccc(CC(=O)c4c(F)cccc4F)cc32)c1. The number of fused-ring (bicyclic) bond motifs is 1. The molecule has 0 saturated carbocycles. The van der Waals surface area contributed by atoms with Crippen LogP contribution in [-0.4, -0.2) is 23.4 Å². The van der Waals surface area contributed by atoms with Gasteiger partial charge in [0.1, 0.15) is 11.6 Å². The summed E-state index contributed by atoms with van der Waals surface area (Å²) in [6, 6.07) is 14.6. The Bertz CT molecular complexity index is 1470. The zero-order chi connectivity index (χ0) is 24.0. The van der Waals surface area contributed by atoms with E-state index in [4.69, 9.17) is 0 Å². The molecule has 0 aliphatic carbocycles. The summed E-state index contributed by atoms with van der Waals surface area (Å²) in [5.74, 6) is -2.61. The van der Waals surface area contributed by atoms with Crippen molar-refractivity contribution >= 4 is 26.7 Å². The van der Waals surface area contributed by atoms with E-state index >= 15 is 0 Å². The highest BCUT2D eigenvalue weighted by molar-refractivity contribution is 7.90. The van der Waals surface area contributed by atoms with Gasteiger partial charge < -0.3 is 0 Å². The number of halogens is 2. The Morgan fingerprint density at radius 1 is 0.970 bits per heavy atom. The van der Waals surface area contributed by atoms with Crippen LogP contribution in [0.25, 0.3) is 10.9 Å². The molecule has 0 amide bonds. The minimum atomic E-state index is -4.02. The summed E-state index contributed by atoms with van der Waals surface area (Å²) in [6.07, 6.45) is 1.13. The summed E-state index contributed by atoms with van der Waals surface area (Å²) in [7, 11) is -4.02. The largest absolute Gasteiger partial charge is 0.294 e. The first-order valence-electron chi connectivity index (χ1n) is 10.3. The number of benzene rings is 3. The molecule has 1 heterocycles. The van der Waals surface area contributed by atoms with E-state index in [0.29, 0.717) is 10.9 Å². The maximum absolute atomic E-state index is 14.0. The monoisotopic (exact) mass is 468 g/mol. The first kappa shape index (κ1) is 22.8. The van der Waals surface area contributed by atoms with E-state index < -0.39 is 33.0 Å². The Balaban J connectivity index is 1.74. The molecule has 170 valence electrons. The van der Waals surface area contributed by atoms with Crippen LogP contribution < -0.4 is 0 Å². The fraction of sp³-hybridized carbons (Fsp3) is 0.200. The Kier molecular flexibility index (Phi) is 5.66. The van der Waals surface area contributed by atoms with Gasteiger partial charge in [-0.3, -0.25) is 4.79 Å². The number of ketones is 1. The van der Waals surface area contributed by atoms with Crippen molar-refractivity contribution < 1.29 is 22.0 Å². The van der Waals surface area contributed by atoms with Gasteiger partial charge in [-0.15, -0.1) is 0 Å². The van der Waals surface area contributed by atoms with Crippen LogP contribution in [0.15, 0.2) is 71.8 Å². The summed E-state index contributed by atoms with van der Waals surface area (Å²) in [6.45, 7) is 5.97. The van der Waals surface area contributed by atoms with Gasteiger partial charge in [0.25, 0.3) is 10.0 Å². The number of carbonyl (C=O) groups excluding carboxylic acids is 1. The summed E-state index contributed by atoms with van der Waals surface area (Å²) in [5, 5.41) is 4.62. The predicted molar refractivity (Wildman–Crippen MR) is 122 cm³/mol. The van der Waals surface area contributed by atoms with Gasteiger partial charge in [0.05, 0.1) is 22.2 Å². The molecule has 4 aromatic rings. The topological polar surface area (TPSA) is 69.0 Å². The average molecular weight is 469 g/mol. The lowest BCUT2D eigenvalue weighted by Gasteiger charge is -2.19. The fourth-order valence-corrected chi connectivity index (χ4v) is 4.92. The van der Waals surface area contributed by atoms with Gasteiger partial charge in [-0.2, -0.15) is 17.6 Å². The highest BCUT2D eigenvalue weighted by Gasteiger charge is 2.24. The van der Waals surface area contributed by atoms with E-state index in [9.17, 15) is 22.0 Å². The number of rotatable bonds is 5. The molecular formula is C25H22F2N2O3S. The molecule has 0 saturated heterocycles. The quantitative estimate of drug-likeness (QED) is 0.374. The number of hydrogen-bond acceptors (Lipinski definition) is 4. The van der Waals surface area contributed by atoms with E-state index in [0.717, 1.165) is 21.8 Å². The molecular weight excluding hydrogens is 446 g/mol. The molecule has 3 aromatic carbocycles. The van der Waals surface area contributed by atoms with Crippen molar-refractivity contribution in [2.45, 2.75) is 37.5 Å². The molecule has 0 bridgehead atoms. The Morgan fingerprint density at radius 3 is 2.30 bits per heavy atom. The zero-order valence-electron chi connectivity index (χ0n) is 18.3. The third kappa shape index (κ3) is 4.30. The number of Topliss-reactive ketones (excluding diaryl/α,β-unsaturated/α-hetero) is 1. The second-order valence-corrected chi connectivity index (χ2v) is 10.6. The van der Waals surface area contributed by atoms with E-state index in [1.807, 2.05) is 26.8 Å². The lowest BCUT2D eigenvalue weighted by Crippen LogP contribution is -2.17. The predicted octanol–water partition coefficient (Wildman–Crippen LogP) is 5.27. The number of hydrogen-bond donors (Lipinski definition) is 0. The van der Waals surface area contributed by atoms with Crippen molar-refractivity contribution in [3.8, 4) is 0 Å². The zero-order valence-corrected chi connectivity index (χ0v) is 19.2. The van der Waals surface area contributed by atoms with Gasteiger partial charge in [-0.05, 0) is 46.9 Å². The first-order valence-corrected chi connectivity index (χ1v) is 11.7. The molecule has 33 heavy (non-hydrogen) atoms. The number of nitrogens with zero attached hydrogens (tertiary/aromatic N) is 2. The molecule has 0 radical (unpaired) electrons. The minimum Gasteiger partial charge on any atom is -0.294 e. The summed E-state index contributed by atoms with van der Waals surface area (Å²) in [5.41, 5.74) is 0.690. The van der Waals surface area contributed by atoms with Gasteiger partial charge in [0.2, 0.25) is 0 Å². The van der Waals surface area contributed by atoms with Crippen LogP contribution >= 0.6 is 0 Å². The van der Waals surface area contributed by atoms with Gasteiger partial charge >= 0.3 is 0 Å². The van der Waals surface area contributed by atoms with Crippen molar-refractivity contribution in [1.82, 2.24) is 9.19 Å². The molecule has 1 aromatic heterocycles. The van der Waals surface area contributed by atoms with Crippen molar-refractivity contribution in [1.29, 1.82) is 0 Å². The van der Waals surface area contributed by atoms with Crippen LogP contribution in [0.2, 0.25) is 0 Å². The lowest BCUT2D eigenvalue weighted by molar-refractivity contribution is 0.0985. The second kappa shape index (κ2) is 8.19. The first-order chi connectivity index (χ1) is 15.5. The highest BCUT2D eigenvalue weighted by Crippen LogP contribution is 2.27. The molecule has 0 unspecified atom stereocenters. The molecule has 0 fully saturated rings. The Labute approximate surface area is 190 Å². The van der Waals surface area contributed by atoms with Gasteiger partial charge in [0.15, 0.2) is 5.78 Å². The standard InChI is InChI=1S/C25H22F2N2O3S/c1-25(2,3)18-6-4-7-19(14-18)33(31,32)29-22-12-16(10-11-17(22)15-28-29)13-23(30)24-20(26)8-5-9-21(24)27/h4-12,14-15H,13H2,1-3H3. The summed E-state index contributed by atoms with van der Waals surface area (Å²) >= 11 is 0. The molecule has 4 rings (SSSR count). The van der Waals surface area contributed by atoms with Crippen LogP contribution in [0, 0.1) is 11.6 Å². The molecule has 0 aliphatic rings. The second-order valence-electron chi connectivity index (χ2n) is 8.86. The van der Waals surface area contributed by atoms with Gasteiger partial charge in [0, 0.05) is 11.8 Å². The van der Waals surface area contributed by atoms with E-state index in [1.54, 1.807) is 24.3 Å². The third-order valence-corrected chi connectivity index (χ3v) is 7.03. The molecule has 8 heteroatoms. The van der Waals surface area contributed by atoms with E-state index in [2.05, 4.69) is 5.10 Å². The Morgan fingerprint density at radius 2 is 1.64 bits per heavy atom. The number of carbonyl (C=O) groups is 1. The van der Waals surface area contributed by atoms with Gasteiger partial charge in [-0.25, -0.2) is 8.78 Å². The van der Waals surface area contributed by atoms with Crippen LogP contribution in [0.1, 0.15) is 42.3 Å². The maximum atomic E-state index is 14.0. The van der Waals surface area contributed by atoms with E-state index in [1.165, 1.54) is 24.4 Å². The smallest absolute Gasteiger partial charge is 0.283 e.